The van der Waals surface area contributed by atoms with Gasteiger partial charge in [0.2, 0.25) is 6.04 Å². The van der Waals surface area contributed by atoms with Gasteiger partial charge in [-0.2, -0.15) is 25.6 Å². The van der Waals surface area contributed by atoms with Crippen LogP contribution in [-0.2, 0) is 4.79 Å². The zero-order valence-corrected chi connectivity index (χ0v) is 12.8. The van der Waals surface area contributed by atoms with E-state index in [0.717, 1.165) is 5.01 Å². The summed E-state index contributed by atoms with van der Waals surface area (Å²) in [7, 11) is 0. The Morgan fingerprint density at radius 1 is 1.16 bits per heavy atom. The maximum atomic E-state index is 12.5. The summed E-state index contributed by atoms with van der Waals surface area (Å²) in [5.41, 5.74) is 0.960. The van der Waals surface area contributed by atoms with Crippen molar-refractivity contribution < 1.29 is 14.7 Å². The number of rotatable bonds is 4. The van der Waals surface area contributed by atoms with E-state index in [1.807, 2.05) is 6.07 Å². The summed E-state index contributed by atoms with van der Waals surface area (Å²) < 4.78 is 0. The molecule has 0 saturated heterocycles. The molecule has 1 atom stereocenters. The zero-order chi connectivity index (χ0) is 17.8. The fourth-order valence-corrected chi connectivity index (χ4v) is 2.18. The highest BCUT2D eigenvalue weighted by Crippen LogP contribution is 2.23. The van der Waals surface area contributed by atoms with E-state index >= 15 is 0 Å². The van der Waals surface area contributed by atoms with Crippen molar-refractivity contribution in [2.75, 3.05) is 5.01 Å². The quantitative estimate of drug-likeness (QED) is 0.865. The molecule has 1 unspecified atom stereocenters. The minimum atomic E-state index is -1.12. The fraction of sp³-hybridized carbons (Fsp3) is 0.0588. The van der Waals surface area contributed by atoms with Crippen LogP contribution in [0.5, 0.6) is 0 Å². The van der Waals surface area contributed by atoms with E-state index in [9.17, 15) is 14.9 Å². The Morgan fingerprint density at radius 3 is 2.44 bits per heavy atom. The van der Waals surface area contributed by atoms with Crippen LogP contribution in [-0.4, -0.2) is 28.7 Å². The first-order valence-electron chi connectivity index (χ1n) is 7.22. The molecular weight excluding hydrogens is 322 g/mol. The monoisotopic (exact) mass is 333 g/mol. The third-order valence-electron chi connectivity index (χ3n) is 3.43. The Balaban J connectivity index is 1.82. The number of carboxylic acids is 1. The summed E-state index contributed by atoms with van der Waals surface area (Å²) in [6, 6.07) is 15.1. The van der Waals surface area contributed by atoms with E-state index in [1.165, 1.54) is 24.3 Å². The number of hydrazone groups is 1. The normalized spacial score (nSPS) is 16.8. The van der Waals surface area contributed by atoms with Gasteiger partial charge in [-0.25, -0.2) is 4.79 Å². The molecular formula is C17H11N5O3. The molecule has 0 fully saturated rings. The van der Waals surface area contributed by atoms with Gasteiger partial charge in [0.15, 0.2) is 5.71 Å². The van der Waals surface area contributed by atoms with E-state index in [0.29, 0.717) is 11.4 Å². The van der Waals surface area contributed by atoms with E-state index in [-0.39, 0.29) is 11.3 Å². The molecule has 0 saturated carbocycles. The fourth-order valence-electron chi connectivity index (χ4n) is 2.18. The second kappa shape index (κ2) is 6.72. The lowest BCUT2D eigenvalue weighted by Crippen LogP contribution is -2.30. The van der Waals surface area contributed by atoms with Crippen molar-refractivity contribution in [2.45, 2.75) is 6.04 Å². The van der Waals surface area contributed by atoms with Gasteiger partial charge in [0, 0.05) is 0 Å². The number of amides is 1. The Bertz CT molecular complexity index is 914. The van der Waals surface area contributed by atoms with Crippen LogP contribution in [0, 0.1) is 11.3 Å². The number of nitriles is 1. The number of hydrogen-bond donors (Lipinski definition) is 1. The topological polar surface area (TPSA) is 118 Å². The van der Waals surface area contributed by atoms with Crippen LogP contribution in [0.2, 0.25) is 0 Å². The molecule has 8 nitrogen and oxygen atoms in total. The average Bonchev–Trinajstić information content (AvgIpc) is 2.96. The lowest BCUT2D eigenvalue weighted by molar-refractivity contribution is -0.117. The SMILES string of the molecule is N#CC1=NN(c2ccccc2)C(=O)C1/N=N/c1ccc(C(=O)O)cc1. The maximum Gasteiger partial charge on any atom is 0.335 e. The Morgan fingerprint density at radius 2 is 1.84 bits per heavy atom. The summed E-state index contributed by atoms with van der Waals surface area (Å²) in [5.74, 6) is -1.53. The molecule has 0 spiro atoms. The van der Waals surface area contributed by atoms with Gasteiger partial charge in [-0.3, -0.25) is 4.79 Å². The summed E-state index contributed by atoms with van der Waals surface area (Å²) >= 11 is 0. The first-order chi connectivity index (χ1) is 12.1. The molecule has 2 aromatic rings. The van der Waals surface area contributed by atoms with Crippen molar-refractivity contribution in [3.63, 3.8) is 0 Å². The van der Waals surface area contributed by atoms with Crippen LogP contribution in [0.1, 0.15) is 10.4 Å². The Labute approximate surface area is 142 Å². The molecule has 0 aromatic heterocycles. The molecule has 2 aromatic carbocycles. The molecule has 0 bridgehead atoms. The molecule has 1 N–H and O–H groups in total. The highest BCUT2D eigenvalue weighted by Gasteiger charge is 2.37. The van der Waals surface area contributed by atoms with Crippen molar-refractivity contribution in [2.24, 2.45) is 15.3 Å². The van der Waals surface area contributed by atoms with Crippen LogP contribution >= 0.6 is 0 Å². The van der Waals surface area contributed by atoms with Crippen LogP contribution in [0.3, 0.4) is 0 Å². The number of anilines is 1. The number of benzene rings is 2. The second-order valence-electron chi connectivity index (χ2n) is 5.05. The molecule has 0 radical (unpaired) electrons. The molecule has 3 rings (SSSR count). The van der Waals surface area contributed by atoms with Crippen LogP contribution in [0.25, 0.3) is 0 Å². The van der Waals surface area contributed by atoms with E-state index in [1.54, 1.807) is 30.3 Å². The van der Waals surface area contributed by atoms with Gasteiger partial charge in [-0.05, 0) is 36.4 Å². The Kier molecular flexibility index (Phi) is 4.30. The van der Waals surface area contributed by atoms with Crippen LogP contribution in [0.4, 0.5) is 11.4 Å². The number of aromatic carboxylic acids is 1. The highest BCUT2D eigenvalue weighted by atomic mass is 16.4. The summed E-state index contributed by atoms with van der Waals surface area (Å²) in [4.78, 5) is 23.3. The van der Waals surface area contributed by atoms with E-state index < -0.39 is 17.9 Å². The predicted octanol–water partition coefficient (Wildman–Crippen LogP) is 2.76. The summed E-state index contributed by atoms with van der Waals surface area (Å²) in [6.07, 6.45) is 0. The first-order valence-corrected chi connectivity index (χ1v) is 7.22. The van der Waals surface area contributed by atoms with Crippen molar-refractivity contribution in [1.82, 2.24) is 0 Å². The molecule has 1 amide bonds. The largest absolute Gasteiger partial charge is 0.478 e. The minimum absolute atomic E-state index is 0.0558. The standard InChI is InChI=1S/C17H11N5O3/c18-10-14-15(16(23)22(21-14)13-4-2-1-3-5-13)20-19-12-8-6-11(7-9-12)17(24)25/h1-9,15H,(H,24,25)/b20-19+. The van der Waals surface area contributed by atoms with Gasteiger partial charge in [0.05, 0.1) is 16.9 Å². The third kappa shape index (κ3) is 3.25. The predicted molar refractivity (Wildman–Crippen MR) is 88.7 cm³/mol. The second-order valence-corrected chi connectivity index (χ2v) is 5.05. The number of carbonyl (C=O) groups excluding carboxylic acids is 1. The lowest BCUT2D eigenvalue weighted by Gasteiger charge is -2.11. The van der Waals surface area contributed by atoms with Crippen LogP contribution in [0.15, 0.2) is 69.9 Å². The highest BCUT2D eigenvalue weighted by molar-refractivity contribution is 6.24. The van der Waals surface area contributed by atoms with Gasteiger partial charge in [0.1, 0.15) is 6.07 Å². The maximum absolute atomic E-state index is 12.5. The van der Waals surface area contributed by atoms with Gasteiger partial charge < -0.3 is 5.11 Å². The molecule has 0 aliphatic carbocycles. The number of nitrogens with zero attached hydrogens (tertiary/aromatic N) is 5. The number of hydrogen-bond acceptors (Lipinski definition) is 6. The average molecular weight is 333 g/mol. The van der Waals surface area contributed by atoms with Gasteiger partial charge in [0.25, 0.3) is 5.91 Å². The molecule has 25 heavy (non-hydrogen) atoms. The minimum Gasteiger partial charge on any atom is -0.478 e. The number of carboxylic acid groups (broad SMARTS) is 1. The van der Waals surface area contributed by atoms with Gasteiger partial charge >= 0.3 is 5.97 Å². The smallest absolute Gasteiger partial charge is 0.335 e. The summed E-state index contributed by atoms with van der Waals surface area (Å²) in [5, 5.41) is 31.0. The van der Waals surface area contributed by atoms with Crippen molar-refractivity contribution in [1.29, 1.82) is 5.26 Å². The lowest BCUT2D eigenvalue weighted by atomic mass is 10.2. The summed E-state index contributed by atoms with van der Waals surface area (Å²) in [6.45, 7) is 0. The van der Waals surface area contributed by atoms with Crippen molar-refractivity contribution in [3.05, 3.63) is 60.2 Å². The van der Waals surface area contributed by atoms with E-state index in [4.69, 9.17) is 5.11 Å². The number of carbonyl (C=O) groups is 2. The van der Waals surface area contributed by atoms with Gasteiger partial charge in [-0.15, -0.1) is 0 Å². The number of azo groups is 1. The Hall–Kier alpha value is -3.86. The van der Waals surface area contributed by atoms with E-state index in [2.05, 4.69) is 15.3 Å². The molecule has 122 valence electrons. The van der Waals surface area contributed by atoms with Crippen LogP contribution < -0.4 is 5.01 Å². The molecule has 1 heterocycles. The van der Waals surface area contributed by atoms with Gasteiger partial charge in [-0.1, -0.05) is 18.2 Å². The molecule has 8 heteroatoms. The third-order valence-corrected chi connectivity index (χ3v) is 3.43. The van der Waals surface area contributed by atoms with Crippen molar-refractivity contribution in [3.8, 4) is 6.07 Å². The molecule has 1 aliphatic rings. The number of para-hydroxylation sites is 1. The first kappa shape index (κ1) is 16.0. The zero-order valence-electron chi connectivity index (χ0n) is 12.8. The molecule has 1 aliphatic heterocycles. The van der Waals surface area contributed by atoms with Crippen molar-refractivity contribution >= 4 is 29.0 Å².